The van der Waals surface area contributed by atoms with E-state index >= 15 is 0 Å². The second-order valence-electron chi connectivity index (χ2n) is 5.65. The second-order valence-corrected chi connectivity index (χ2v) is 5.65. The van der Waals surface area contributed by atoms with Gasteiger partial charge in [-0.1, -0.05) is 24.3 Å². The Labute approximate surface area is 156 Å². The van der Waals surface area contributed by atoms with Gasteiger partial charge in [0.1, 0.15) is 5.70 Å². The molecule has 1 aromatic carbocycles. The molecular formula is C20H19N3O4. The van der Waals surface area contributed by atoms with Crippen molar-refractivity contribution >= 4 is 17.6 Å². The maximum Gasteiger partial charge on any atom is 0.355 e. The molecule has 0 fully saturated rings. The number of rotatable bonds is 5. The second kappa shape index (κ2) is 8.18. The molecule has 7 heteroatoms. The van der Waals surface area contributed by atoms with Gasteiger partial charge >= 0.3 is 11.9 Å². The summed E-state index contributed by atoms with van der Waals surface area (Å²) in [6, 6.07) is 9.42. The Morgan fingerprint density at radius 2 is 1.81 bits per heavy atom. The van der Waals surface area contributed by atoms with Crippen molar-refractivity contribution in [3.8, 4) is 0 Å². The molecule has 0 unspecified atom stereocenters. The molecule has 0 spiro atoms. The molecule has 0 saturated heterocycles. The number of para-hydroxylation sites is 1. The van der Waals surface area contributed by atoms with Gasteiger partial charge in [0.25, 0.3) is 0 Å². The van der Waals surface area contributed by atoms with Crippen molar-refractivity contribution in [2.45, 2.75) is 6.54 Å². The van der Waals surface area contributed by atoms with E-state index in [4.69, 9.17) is 9.47 Å². The summed E-state index contributed by atoms with van der Waals surface area (Å²) >= 11 is 0. The van der Waals surface area contributed by atoms with E-state index in [1.807, 2.05) is 36.5 Å². The lowest BCUT2D eigenvalue weighted by Gasteiger charge is -2.25. The highest BCUT2D eigenvalue weighted by atomic mass is 16.5. The minimum atomic E-state index is -0.638. The van der Waals surface area contributed by atoms with Crippen LogP contribution in [0, 0.1) is 0 Å². The van der Waals surface area contributed by atoms with E-state index in [1.54, 1.807) is 34.1 Å². The summed E-state index contributed by atoms with van der Waals surface area (Å²) in [5, 5.41) is 4.23. The van der Waals surface area contributed by atoms with Gasteiger partial charge in [-0.05, 0) is 29.8 Å². The average molecular weight is 365 g/mol. The Morgan fingerprint density at radius 3 is 2.52 bits per heavy atom. The summed E-state index contributed by atoms with van der Waals surface area (Å²) in [5.74, 6) is -1.26. The third kappa shape index (κ3) is 3.82. The summed E-state index contributed by atoms with van der Waals surface area (Å²) in [5.41, 5.74) is 1.85. The van der Waals surface area contributed by atoms with Crippen LogP contribution in [-0.4, -0.2) is 35.9 Å². The van der Waals surface area contributed by atoms with E-state index in [9.17, 15) is 9.59 Å². The molecule has 138 valence electrons. The highest BCUT2D eigenvalue weighted by Crippen LogP contribution is 2.29. The van der Waals surface area contributed by atoms with Crippen molar-refractivity contribution in [1.82, 2.24) is 9.78 Å². The Balaban J connectivity index is 2.14. The molecule has 2 heterocycles. The summed E-state index contributed by atoms with van der Waals surface area (Å²) < 4.78 is 11.6. The predicted octanol–water partition coefficient (Wildman–Crippen LogP) is 2.42. The van der Waals surface area contributed by atoms with Crippen molar-refractivity contribution in [1.29, 1.82) is 0 Å². The van der Waals surface area contributed by atoms with E-state index < -0.39 is 11.9 Å². The van der Waals surface area contributed by atoms with Crippen molar-refractivity contribution in [2.75, 3.05) is 19.1 Å². The smallest absolute Gasteiger partial charge is 0.355 e. The fourth-order valence-corrected chi connectivity index (χ4v) is 2.80. The minimum Gasteiger partial charge on any atom is -0.465 e. The molecule has 7 nitrogen and oxygen atoms in total. The molecule has 1 aliphatic rings. The van der Waals surface area contributed by atoms with Crippen LogP contribution in [0.4, 0.5) is 5.69 Å². The topological polar surface area (TPSA) is 73.7 Å². The highest BCUT2D eigenvalue weighted by Gasteiger charge is 2.28. The molecule has 1 aromatic heterocycles. The van der Waals surface area contributed by atoms with Crippen molar-refractivity contribution in [3.63, 3.8) is 0 Å². The lowest BCUT2D eigenvalue weighted by molar-refractivity contribution is -0.139. The van der Waals surface area contributed by atoms with Crippen molar-refractivity contribution in [3.05, 3.63) is 84.0 Å². The van der Waals surface area contributed by atoms with Crippen LogP contribution >= 0.6 is 0 Å². The zero-order chi connectivity index (χ0) is 19.2. The number of benzene rings is 1. The van der Waals surface area contributed by atoms with Crippen LogP contribution in [0.2, 0.25) is 0 Å². The number of ether oxygens (including phenoxy) is 2. The SMILES string of the molecule is COC(=O)C1=C(C(=O)OC)N(c2ccccc2Cn2cccn2)C=CC=C1. The molecule has 0 N–H and O–H groups in total. The first-order chi connectivity index (χ1) is 13.2. The number of aromatic nitrogens is 2. The standard InChI is InChI=1S/C20H19N3O4/c1-26-19(24)16-9-5-6-13-23(18(16)20(25)27-2)17-10-4-3-8-15(17)14-22-12-7-11-21-22/h3-13H,14H2,1-2H3. The van der Waals surface area contributed by atoms with Gasteiger partial charge in [-0.15, -0.1) is 0 Å². The van der Waals surface area contributed by atoms with Crippen molar-refractivity contribution < 1.29 is 19.1 Å². The molecule has 0 aliphatic carbocycles. The fraction of sp³-hybridized carbons (Fsp3) is 0.150. The molecule has 0 bridgehead atoms. The van der Waals surface area contributed by atoms with E-state index in [-0.39, 0.29) is 11.3 Å². The first kappa shape index (κ1) is 18.2. The monoisotopic (exact) mass is 365 g/mol. The highest BCUT2D eigenvalue weighted by molar-refractivity contribution is 6.05. The van der Waals surface area contributed by atoms with Gasteiger partial charge in [-0.3, -0.25) is 4.68 Å². The number of carbonyl (C=O) groups is 2. The number of hydrogen-bond donors (Lipinski definition) is 0. The number of esters is 2. The van der Waals surface area contributed by atoms with Gasteiger partial charge < -0.3 is 14.4 Å². The van der Waals surface area contributed by atoms with Gasteiger partial charge in [0.05, 0.1) is 32.0 Å². The van der Waals surface area contributed by atoms with Gasteiger partial charge in [0.15, 0.2) is 0 Å². The molecular weight excluding hydrogens is 346 g/mol. The normalized spacial score (nSPS) is 13.5. The molecule has 0 atom stereocenters. The summed E-state index contributed by atoms with van der Waals surface area (Å²) in [6.07, 6.45) is 10.2. The minimum absolute atomic E-state index is 0.0854. The zero-order valence-electron chi connectivity index (χ0n) is 15.0. The Morgan fingerprint density at radius 1 is 1.04 bits per heavy atom. The number of anilines is 1. The molecule has 3 rings (SSSR count). The maximum absolute atomic E-state index is 12.5. The van der Waals surface area contributed by atoms with Gasteiger partial charge in [0, 0.05) is 18.6 Å². The quantitative estimate of drug-likeness (QED) is 0.758. The summed E-state index contributed by atoms with van der Waals surface area (Å²) in [6.45, 7) is 0.503. The number of carbonyl (C=O) groups excluding carboxylic acids is 2. The lowest BCUT2D eigenvalue weighted by Crippen LogP contribution is -2.27. The van der Waals surface area contributed by atoms with Crippen molar-refractivity contribution in [2.24, 2.45) is 0 Å². The van der Waals surface area contributed by atoms with Crippen LogP contribution in [0.15, 0.2) is 78.4 Å². The molecule has 1 aliphatic heterocycles. The molecule has 27 heavy (non-hydrogen) atoms. The zero-order valence-corrected chi connectivity index (χ0v) is 15.0. The molecule has 2 aromatic rings. The molecule has 0 amide bonds. The third-order valence-corrected chi connectivity index (χ3v) is 4.03. The number of allylic oxidation sites excluding steroid dienone is 2. The van der Waals surface area contributed by atoms with Gasteiger partial charge in [-0.2, -0.15) is 5.10 Å². The van der Waals surface area contributed by atoms with Crippen LogP contribution in [0.3, 0.4) is 0 Å². The van der Waals surface area contributed by atoms with Gasteiger partial charge in [-0.25, -0.2) is 9.59 Å². The largest absolute Gasteiger partial charge is 0.465 e. The lowest BCUT2D eigenvalue weighted by atomic mass is 10.1. The fourth-order valence-electron chi connectivity index (χ4n) is 2.80. The predicted molar refractivity (Wildman–Crippen MR) is 99.6 cm³/mol. The number of nitrogens with zero attached hydrogens (tertiary/aromatic N) is 3. The summed E-state index contributed by atoms with van der Waals surface area (Å²) in [4.78, 5) is 26.4. The van der Waals surface area contributed by atoms with Crippen LogP contribution in [0.25, 0.3) is 0 Å². The van der Waals surface area contributed by atoms with E-state index in [1.165, 1.54) is 20.3 Å². The van der Waals surface area contributed by atoms with Crippen LogP contribution in [0.1, 0.15) is 5.56 Å². The first-order valence-corrected chi connectivity index (χ1v) is 8.26. The van der Waals surface area contributed by atoms with Gasteiger partial charge in [0.2, 0.25) is 0 Å². The molecule has 0 radical (unpaired) electrons. The maximum atomic E-state index is 12.5. The van der Waals surface area contributed by atoms with Crippen LogP contribution in [0.5, 0.6) is 0 Å². The molecule has 0 saturated carbocycles. The Kier molecular flexibility index (Phi) is 5.51. The van der Waals surface area contributed by atoms with Crippen LogP contribution < -0.4 is 4.90 Å². The number of hydrogen-bond acceptors (Lipinski definition) is 6. The Bertz CT molecular complexity index is 926. The summed E-state index contributed by atoms with van der Waals surface area (Å²) in [7, 11) is 2.54. The van der Waals surface area contributed by atoms with E-state index in [0.717, 1.165) is 11.3 Å². The van der Waals surface area contributed by atoms with E-state index in [2.05, 4.69) is 5.10 Å². The Hall–Kier alpha value is -3.61. The first-order valence-electron chi connectivity index (χ1n) is 8.26. The average Bonchev–Trinajstić information content (AvgIpc) is 3.11. The third-order valence-electron chi connectivity index (χ3n) is 4.03. The van der Waals surface area contributed by atoms with E-state index in [0.29, 0.717) is 6.54 Å². The number of methoxy groups -OCH3 is 2. The van der Waals surface area contributed by atoms with Crippen LogP contribution in [-0.2, 0) is 25.6 Å².